The predicted molar refractivity (Wildman–Crippen MR) is 107 cm³/mol. The van der Waals surface area contributed by atoms with Crippen LogP contribution in [0.15, 0.2) is 28.0 Å². The maximum Gasteiger partial charge on any atom is 0.237 e. The summed E-state index contributed by atoms with van der Waals surface area (Å²) in [5.41, 5.74) is 0.633. The Morgan fingerprint density at radius 1 is 1.22 bits per heavy atom. The lowest BCUT2D eigenvalue weighted by atomic mass is 10.1. The van der Waals surface area contributed by atoms with Gasteiger partial charge in [-0.15, -0.1) is 11.8 Å². The molecule has 1 aliphatic carbocycles. The number of amides is 2. The van der Waals surface area contributed by atoms with Crippen molar-refractivity contribution in [3.8, 4) is 0 Å². The number of sulfone groups is 1. The van der Waals surface area contributed by atoms with Crippen LogP contribution in [0.5, 0.6) is 0 Å². The Kier molecular flexibility index (Phi) is 6.47. The Balaban J connectivity index is 1.60. The number of carbonyl (C=O) groups excluding carboxylic acids is 2. The molecular formula is C19H26N2O4S2. The first kappa shape index (κ1) is 20.2. The standard InChI is InChI=1S/C19H26N2O4S2/c1-13-19(23)21-16-9-8-15(12-17(16)26-13)27(24,25)11-10-18(22)20-14-6-4-2-3-5-7-14/h8-9,12-14H,2-7,10-11H2,1H3,(H,20,22)(H,21,23). The van der Waals surface area contributed by atoms with Crippen LogP contribution in [0.1, 0.15) is 51.9 Å². The van der Waals surface area contributed by atoms with Gasteiger partial charge in [-0.2, -0.15) is 0 Å². The number of thioether (sulfide) groups is 1. The molecule has 8 heteroatoms. The van der Waals surface area contributed by atoms with Crippen LogP contribution >= 0.6 is 11.8 Å². The molecule has 1 fully saturated rings. The fourth-order valence-corrected chi connectivity index (χ4v) is 5.77. The summed E-state index contributed by atoms with van der Waals surface area (Å²) in [6.07, 6.45) is 6.56. The van der Waals surface area contributed by atoms with Crippen LogP contribution in [-0.2, 0) is 19.4 Å². The van der Waals surface area contributed by atoms with Crippen molar-refractivity contribution >= 4 is 39.1 Å². The van der Waals surface area contributed by atoms with Gasteiger partial charge in [0.15, 0.2) is 9.84 Å². The van der Waals surface area contributed by atoms with Gasteiger partial charge in [-0.25, -0.2) is 8.42 Å². The molecule has 1 atom stereocenters. The Bertz CT molecular complexity index is 815. The molecule has 2 N–H and O–H groups in total. The first-order chi connectivity index (χ1) is 12.8. The summed E-state index contributed by atoms with van der Waals surface area (Å²) in [5.74, 6) is -0.492. The largest absolute Gasteiger partial charge is 0.353 e. The average Bonchev–Trinajstić information content (AvgIpc) is 2.89. The molecule has 2 amide bonds. The highest BCUT2D eigenvalue weighted by Crippen LogP contribution is 2.37. The van der Waals surface area contributed by atoms with Crippen molar-refractivity contribution in [2.75, 3.05) is 11.1 Å². The van der Waals surface area contributed by atoms with Crippen LogP contribution in [0.2, 0.25) is 0 Å². The summed E-state index contributed by atoms with van der Waals surface area (Å²) < 4.78 is 25.3. The Morgan fingerprint density at radius 2 is 1.93 bits per heavy atom. The molecule has 0 aromatic heterocycles. The van der Waals surface area contributed by atoms with E-state index in [4.69, 9.17) is 0 Å². The summed E-state index contributed by atoms with van der Waals surface area (Å²) >= 11 is 1.34. The molecule has 1 unspecified atom stereocenters. The van der Waals surface area contributed by atoms with E-state index in [1.807, 2.05) is 0 Å². The van der Waals surface area contributed by atoms with E-state index in [0.717, 1.165) is 30.6 Å². The third kappa shape index (κ3) is 5.25. The number of carbonyl (C=O) groups is 2. The van der Waals surface area contributed by atoms with Crippen LogP contribution < -0.4 is 10.6 Å². The zero-order valence-electron chi connectivity index (χ0n) is 15.5. The van der Waals surface area contributed by atoms with Crippen LogP contribution in [0.3, 0.4) is 0 Å². The van der Waals surface area contributed by atoms with Gasteiger partial charge in [-0.1, -0.05) is 25.7 Å². The topological polar surface area (TPSA) is 92.3 Å². The highest BCUT2D eigenvalue weighted by molar-refractivity contribution is 8.01. The minimum atomic E-state index is -3.55. The lowest BCUT2D eigenvalue weighted by Gasteiger charge is -2.21. The molecule has 148 valence electrons. The number of rotatable bonds is 5. The second-order valence-electron chi connectivity index (χ2n) is 7.23. The van der Waals surface area contributed by atoms with Crippen LogP contribution in [0.4, 0.5) is 5.69 Å². The van der Waals surface area contributed by atoms with E-state index in [9.17, 15) is 18.0 Å². The molecular weight excluding hydrogens is 384 g/mol. The van der Waals surface area contributed by atoms with Crippen LogP contribution in [0, 0.1) is 0 Å². The predicted octanol–water partition coefficient (Wildman–Crippen LogP) is 3.12. The Labute approximate surface area is 164 Å². The molecule has 0 bridgehead atoms. The number of hydrogen-bond donors (Lipinski definition) is 2. The zero-order valence-corrected chi connectivity index (χ0v) is 17.1. The maximum absolute atomic E-state index is 12.6. The highest BCUT2D eigenvalue weighted by atomic mass is 32.2. The molecule has 6 nitrogen and oxygen atoms in total. The van der Waals surface area contributed by atoms with Crippen molar-refractivity contribution in [1.82, 2.24) is 5.32 Å². The molecule has 1 aliphatic heterocycles. The van der Waals surface area contributed by atoms with Crippen molar-refractivity contribution in [2.45, 2.75) is 73.0 Å². The zero-order chi connectivity index (χ0) is 19.4. The summed E-state index contributed by atoms with van der Waals surface area (Å²) in [6, 6.07) is 4.88. The molecule has 2 aliphatic rings. The third-order valence-corrected chi connectivity index (χ3v) is 7.93. The van der Waals surface area contributed by atoms with Crippen molar-refractivity contribution in [2.24, 2.45) is 0 Å². The highest BCUT2D eigenvalue weighted by Gasteiger charge is 2.25. The summed E-state index contributed by atoms with van der Waals surface area (Å²) in [4.78, 5) is 24.8. The van der Waals surface area contributed by atoms with Crippen molar-refractivity contribution in [3.05, 3.63) is 18.2 Å². The number of anilines is 1. The van der Waals surface area contributed by atoms with Gasteiger partial charge in [0, 0.05) is 17.4 Å². The fourth-order valence-electron chi connectivity index (χ4n) is 3.44. The van der Waals surface area contributed by atoms with Gasteiger partial charge >= 0.3 is 0 Å². The second kappa shape index (κ2) is 8.65. The van der Waals surface area contributed by atoms with E-state index < -0.39 is 9.84 Å². The SMILES string of the molecule is CC1Sc2cc(S(=O)(=O)CCC(=O)NC3CCCCCC3)ccc2NC1=O. The molecule has 1 aromatic carbocycles. The smallest absolute Gasteiger partial charge is 0.237 e. The van der Waals surface area contributed by atoms with E-state index in [1.165, 1.54) is 30.7 Å². The van der Waals surface area contributed by atoms with Crippen molar-refractivity contribution < 1.29 is 18.0 Å². The Hall–Kier alpha value is -1.54. The number of benzene rings is 1. The molecule has 3 rings (SSSR count). The van der Waals surface area contributed by atoms with E-state index in [1.54, 1.807) is 19.1 Å². The van der Waals surface area contributed by atoms with E-state index >= 15 is 0 Å². The van der Waals surface area contributed by atoms with Gasteiger partial charge in [0.25, 0.3) is 0 Å². The minimum absolute atomic E-state index is 0.0315. The Morgan fingerprint density at radius 3 is 2.63 bits per heavy atom. The lowest BCUT2D eigenvalue weighted by molar-refractivity contribution is -0.121. The monoisotopic (exact) mass is 410 g/mol. The van der Waals surface area contributed by atoms with Gasteiger partial charge in [-0.05, 0) is 38.0 Å². The fraction of sp³-hybridized carbons (Fsp3) is 0.579. The molecule has 1 heterocycles. The molecule has 1 saturated carbocycles. The molecule has 0 saturated heterocycles. The summed E-state index contributed by atoms with van der Waals surface area (Å²) in [7, 11) is -3.55. The molecule has 0 spiro atoms. The number of fused-ring (bicyclic) bond motifs is 1. The van der Waals surface area contributed by atoms with Gasteiger partial charge in [-0.3, -0.25) is 9.59 Å². The minimum Gasteiger partial charge on any atom is -0.353 e. The third-order valence-electron chi connectivity index (χ3n) is 5.06. The van der Waals surface area contributed by atoms with Crippen molar-refractivity contribution in [1.29, 1.82) is 0 Å². The van der Waals surface area contributed by atoms with Gasteiger partial charge in [0.1, 0.15) is 0 Å². The first-order valence-electron chi connectivity index (χ1n) is 9.49. The summed E-state index contributed by atoms with van der Waals surface area (Å²) in [5, 5.41) is 5.50. The van der Waals surface area contributed by atoms with Crippen molar-refractivity contribution in [3.63, 3.8) is 0 Å². The quantitative estimate of drug-likeness (QED) is 0.728. The average molecular weight is 411 g/mol. The van der Waals surface area contributed by atoms with E-state index in [2.05, 4.69) is 10.6 Å². The van der Waals surface area contributed by atoms with Crippen LogP contribution in [-0.4, -0.2) is 37.3 Å². The van der Waals surface area contributed by atoms with Gasteiger partial charge < -0.3 is 10.6 Å². The molecule has 27 heavy (non-hydrogen) atoms. The van der Waals surface area contributed by atoms with Gasteiger partial charge in [0.05, 0.1) is 21.6 Å². The first-order valence-corrected chi connectivity index (χ1v) is 12.0. The lowest BCUT2D eigenvalue weighted by Crippen LogP contribution is -2.35. The normalized spacial score (nSPS) is 21.1. The number of hydrogen-bond acceptors (Lipinski definition) is 5. The molecule has 0 radical (unpaired) electrons. The molecule has 1 aromatic rings. The summed E-state index contributed by atoms with van der Waals surface area (Å²) in [6.45, 7) is 1.78. The van der Waals surface area contributed by atoms with E-state index in [0.29, 0.717) is 5.69 Å². The second-order valence-corrected chi connectivity index (χ2v) is 10.7. The van der Waals surface area contributed by atoms with Gasteiger partial charge in [0.2, 0.25) is 11.8 Å². The maximum atomic E-state index is 12.6. The number of nitrogens with one attached hydrogen (secondary N) is 2. The van der Waals surface area contributed by atoms with Crippen LogP contribution in [0.25, 0.3) is 0 Å². The van der Waals surface area contributed by atoms with E-state index in [-0.39, 0.29) is 40.2 Å².